The van der Waals surface area contributed by atoms with Gasteiger partial charge in [-0.1, -0.05) is 6.92 Å². The minimum atomic E-state index is -0.436. The Morgan fingerprint density at radius 2 is 2.09 bits per heavy atom. The third kappa shape index (κ3) is 4.79. The average Bonchev–Trinajstić information content (AvgIpc) is 1.86. The number of hydrogen-bond acceptors (Lipinski definition) is 3. The summed E-state index contributed by atoms with van der Waals surface area (Å²) in [4.78, 5) is 10.9. The van der Waals surface area contributed by atoms with Gasteiger partial charge < -0.3 is 9.84 Å². The van der Waals surface area contributed by atoms with E-state index in [-0.39, 0.29) is 11.9 Å². The summed E-state index contributed by atoms with van der Waals surface area (Å²) in [7, 11) is 0. The molecule has 2 atom stereocenters. The maximum Gasteiger partial charge on any atom is 0.308 e. The van der Waals surface area contributed by atoms with Crippen LogP contribution in [0.5, 0.6) is 0 Å². The second kappa shape index (κ2) is 5.13. The monoisotopic (exact) mass is 160 g/mol. The summed E-state index contributed by atoms with van der Waals surface area (Å²) in [5.74, 6) is -0.427. The van der Waals surface area contributed by atoms with Crippen molar-refractivity contribution in [2.45, 2.75) is 33.3 Å². The van der Waals surface area contributed by atoms with Crippen molar-refractivity contribution in [3.8, 4) is 0 Å². The van der Waals surface area contributed by atoms with Gasteiger partial charge in [-0.25, -0.2) is 0 Å². The largest absolute Gasteiger partial charge is 0.466 e. The van der Waals surface area contributed by atoms with Gasteiger partial charge in [-0.2, -0.15) is 0 Å². The molecule has 0 fully saturated rings. The molecule has 0 aromatic heterocycles. The highest BCUT2D eigenvalue weighted by Gasteiger charge is 2.15. The number of aliphatic hydroxyl groups is 1. The van der Waals surface area contributed by atoms with Crippen LogP contribution in [-0.4, -0.2) is 23.8 Å². The Balaban J connectivity index is 3.64. The normalized spacial score (nSPS) is 15.6. The van der Waals surface area contributed by atoms with Crippen molar-refractivity contribution in [3.05, 3.63) is 0 Å². The summed E-state index contributed by atoms with van der Waals surface area (Å²) >= 11 is 0. The quantitative estimate of drug-likeness (QED) is 0.623. The Kier molecular flexibility index (Phi) is 4.86. The van der Waals surface area contributed by atoms with Crippen LogP contribution in [0.25, 0.3) is 0 Å². The van der Waals surface area contributed by atoms with Crippen LogP contribution in [0.15, 0.2) is 0 Å². The van der Waals surface area contributed by atoms with Crippen LogP contribution in [-0.2, 0) is 9.53 Å². The van der Waals surface area contributed by atoms with Crippen LogP contribution < -0.4 is 0 Å². The third-order valence-electron chi connectivity index (χ3n) is 1.38. The predicted octanol–water partition coefficient (Wildman–Crippen LogP) is 0.956. The predicted molar refractivity (Wildman–Crippen MR) is 42.1 cm³/mol. The van der Waals surface area contributed by atoms with Crippen molar-refractivity contribution in [1.82, 2.24) is 0 Å². The van der Waals surface area contributed by atoms with Crippen molar-refractivity contribution < 1.29 is 14.6 Å². The van der Waals surface area contributed by atoms with E-state index in [0.29, 0.717) is 13.0 Å². The number of carbonyl (C=O) groups excluding carboxylic acids is 1. The van der Waals surface area contributed by atoms with Gasteiger partial charge in [0.25, 0.3) is 0 Å². The van der Waals surface area contributed by atoms with Gasteiger partial charge in [0.2, 0.25) is 0 Å². The van der Waals surface area contributed by atoms with Gasteiger partial charge in [-0.15, -0.1) is 0 Å². The van der Waals surface area contributed by atoms with Crippen molar-refractivity contribution in [1.29, 1.82) is 0 Å². The second-order valence-electron chi connectivity index (χ2n) is 2.74. The van der Waals surface area contributed by atoms with Crippen LogP contribution in [0.2, 0.25) is 0 Å². The highest BCUT2D eigenvalue weighted by atomic mass is 16.5. The minimum Gasteiger partial charge on any atom is -0.466 e. The summed E-state index contributed by atoms with van der Waals surface area (Å²) in [6, 6.07) is 0. The number of esters is 1. The fraction of sp³-hybridized carbons (Fsp3) is 0.875. The van der Waals surface area contributed by atoms with Crippen LogP contribution in [0, 0.1) is 5.92 Å². The van der Waals surface area contributed by atoms with Crippen LogP contribution in [0.4, 0.5) is 0 Å². The van der Waals surface area contributed by atoms with E-state index in [1.165, 1.54) is 0 Å². The summed E-state index contributed by atoms with van der Waals surface area (Å²) < 4.78 is 4.75. The lowest BCUT2D eigenvalue weighted by molar-refractivity contribution is -0.148. The van der Waals surface area contributed by atoms with Gasteiger partial charge >= 0.3 is 5.97 Å². The molecule has 0 aliphatic rings. The van der Waals surface area contributed by atoms with E-state index in [0.717, 1.165) is 0 Å². The van der Waals surface area contributed by atoms with Gasteiger partial charge in [0, 0.05) is 0 Å². The fourth-order valence-corrected chi connectivity index (χ4v) is 0.892. The second-order valence-corrected chi connectivity index (χ2v) is 2.74. The Morgan fingerprint density at radius 3 is 2.45 bits per heavy atom. The molecular formula is C8H16O3. The lowest BCUT2D eigenvalue weighted by atomic mass is 10.1. The molecule has 66 valence electrons. The average molecular weight is 160 g/mol. The van der Waals surface area contributed by atoms with E-state index in [4.69, 9.17) is 9.84 Å². The zero-order valence-corrected chi connectivity index (χ0v) is 7.33. The number of aliphatic hydroxyl groups excluding tert-OH is 1. The highest BCUT2D eigenvalue weighted by Crippen LogP contribution is 2.07. The van der Waals surface area contributed by atoms with Gasteiger partial charge in [0.15, 0.2) is 0 Å². The lowest BCUT2D eigenvalue weighted by Crippen LogP contribution is -2.18. The molecule has 0 saturated carbocycles. The molecule has 3 nitrogen and oxygen atoms in total. The van der Waals surface area contributed by atoms with E-state index >= 15 is 0 Å². The first-order valence-corrected chi connectivity index (χ1v) is 3.92. The molecule has 0 aromatic carbocycles. The minimum absolute atomic E-state index is 0.199. The van der Waals surface area contributed by atoms with Crippen LogP contribution >= 0.6 is 0 Å². The standard InChI is InChI=1S/C8H16O3/c1-4-11-8(10)6(2)5-7(3)9/h6-7,9H,4-5H2,1-3H3/t6-,7+/m1/s1. The number of ether oxygens (including phenoxy) is 1. The number of carbonyl (C=O) groups is 1. The Hall–Kier alpha value is -0.570. The molecule has 0 heterocycles. The first kappa shape index (κ1) is 10.4. The smallest absolute Gasteiger partial charge is 0.308 e. The molecule has 0 spiro atoms. The first-order chi connectivity index (χ1) is 5.07. The molecule has 0 aliphatic heterocycles. The van der Waals surface area contributed by atoms with E-state index in [1.807, 2.05) is 0 Å². The topological polar surface area (TPSA) is 46.5 Å². The van der Waals surface area contributed by atoms with Gasteiger partial charge in [0.1, 0.15) is 0 Å². The molecule has 0 saturated heterocycles. The zero-order chi connectivity index (χ0) is 8.85. The van der Waals surface area contributed by atoms with Crippen molar-refractivity contribution in [2.24, 2.45) is 5.92 Å². The van der Waals surface area contributed by atoms with Crippen LogP contribution in [0.3, 0.4) is 0 Å². The van der Waals surface area contributed by atoms with E-state index in [2.05, 4.69) is 0 Å². The molecule has 0 radical (unpaired) electrons. The SMILES string of the molecule is CCOC(=O)[C@H](C)C[C@H](C)O. The van der Waals surface area contributed by atoms with E-state index < -0.39 is 6.10 Å². The van der Waals surface area contributed by atoms with Gasteiger partial charge in [0.05, 0.1) is 18.6 Å². The molecule has 0 bridgehead atoms. The molecule has 0 unspecified atom stereocenters. The molecule has 11 heavy (non-hydrogen) atoms. The Bertz CT molecular complexity index is 121. The molecule has 0 rings (SSSR count). The molecule has 1 N–H and O–H groups in total. The summed E-state index contributed by atoms with van der Waals surface area (Å²) in [5, 5.41) is 8.93. The molecule has 0 amide bonds. The van der Waals surface area contributed by atoms with E-state index in [1.54, 1.807) is 20.8 Å². The maximum absolute atomic E-state index is 10.9. The molecule has 0 aromatic rings. The third-order valence-corrected chi connectivity index (χ3v) is 1.38. The fourth-order valence-electron chi connectivity index (χ4n) is 0.892. The van der Waals surface area contributed by atoms with Crippen molar-refractivity contribution in [3.63, 3.8) is 0 Å². The van der Waals surface area contributed by atoms with Crippen molar-refractivity contribution >= 4 is 5.97 Å². The first-order valence-electron chi connectivity index (χ1n) is 3.92. The van der Waals surface area contributed by atoms with E-state index in [9.17, 15) is 4.79 Å². The summed E-state index contributed by atoms with van der Waals surface area (Å²) in [5.41, 5.74) is 0. The van der Waals surface area contributed by atoms with Gasteiger partial charge in [-0.05, 0) is 20.3 Å². The Labute approximate surface area is 67.4 Å². The van der Waals surface area contributed by atoms with Gasteiger partial charge in [-0.3, -0.25) is 4.79 Å². The molecule has 3 heteroatoms. The zero-order valence-electron chi connectivity index (χ0n) is 7.33. The highest BCUT2D eigenvalue weighted by molar-refractivity contribution is 5.71. The molecule has 0 aliphatic carbocycles. The maximum atomic E-state index is 10.9. The van der Waals surface area contributed by atoms with Crippen molar-refractivity contribution in [2.75, 3.05) is 6.61 Å². The number of hydrogen-bond donors (Lipinski definition) is 1. The summed E-state index contributed by atoms with van der Waals surface area (Å²) in [6.07, 6.45) is 0.0353. The summed E-state index contributed by atoms with van der Waals surface area (Å²) in [6.45, 7) is 5.59. The van der Waals surface area contributed by atoms with Crippen LogP contribution in [0.1, 0.15) is 27.2 Å². The lowest BCUT2D eigenvalue weighted by Gasteiger charge is -2.11. The number of rotatable bonds is 4. The Morgan fingerprint density at radius 1 is 1.55 bits per heavy atom. The molecular weight excluding hydrogens is 144 g/mol.